The molecule has 0 aliphatic heterocycles. The van der Waals surface area contributed by atoms with E-state index in [1.807, 2.05) is 42.6 Å². The molecule has 7 N–H and O–H groups in total. The number of H-pyrrole nitrogens is 1. The molecule has 2 aromatic heterocycles. The van der Waals surface area contributed by atoms with E-state index in [-0.39, 0.29) is 5.91 Å². The van der Waals surface area contributed by atoms with Crippen LogP contribution < -0.4 is 20.9 Å². The number of aldehydes is 1. The van der Waals surface area contributed by atoms with Gasteiger partial charge in [0.05, 0.1) is 0 Å². The molecule has 0 saturated carbocycles. The summed E-state index contributed by atoms with van der Waals surface area (Å²) in [7, 11) is 1.50. The van der Waals surface area contributed by atoms with Crippen molar-refractivity contribution in [3.05, 3.63) is 72.1 Å². The van der Waals surface area contributed by atoms with Gasteiger partial charge in [-0.2, -0.15) is 0 Å². The van der Waals surface area contributed by atoms with Crippen LogP contribution in [0.25, 0.3) is 21.9 Å². The number of carbonyl (C=O) groups excluding carboxylic acids is 2. The number of rotatable bonds is 11. The lowest BCUT2D eigenvalue weighted by Gasteiger charge is -2.05. The Morgan fingerprint density at radius 1 is 1.06 bits per heavy atom. The zero-order valence-electron chi connectivity index (χ0n) is 20.1. The Morgan fingerprint density at radius 2 is 1.83 bits per heavy atom. The highest BCUT2D eigenvalue weighted by molar-refractivity contribution is 7.95. The second-order valence-corrected chi connectivity index (χ2v) is 8.11. The van der Waals surface area contributed by atoms with Crippen LogP contribution in [-0.4, -0.2) is 37.3 Å². The van der Waals surface area contributed by atoms with Crippen LogP contribution in [0.4, 0.5) is 0 Å². The fourth-order valence-corrected chi connectivity index (χ4v) is 3.80. The van der Waals surface area contributed by atoms with Gasteiger partial charge in [-0.25, -0.2) is 0 Å². The van der Waals surface area contributed by atoms with Gasteiger partial charge in [0.1, 0.15) is 5.58 Å². The lowest BCUT2D eigenvalue weighted by Crippen LogP contribution is -2.25. The van der Waals surface area contributed by atoms with Crippen LogP contribution in [0.2, 0.25) is 0 Å². The summed E-state index contributed by atoms with van der Waals surface area (Å²) < 4.78 is 8.14. The smallest absolute Gasteiger partial charge is 0.220 e. The number of amides is 1. The molecule has 0 aliphatic rings. The number of carbonyl (C=O) groups is 2. The van der Waals surface area contributed by atoms with Gasteiger partial charge in [-0.1, -0.05) is 42.8 Å². The Hall–Kier alpha value is -3.11. The summed E-state index contributed by atoms with van der Waals surface area (Å²) in [5.74, 6) is 0.521. The topological polar surface area (TPSA) is 139 Å². The molecular weight excluding hydrogens is 462 g/mol. The van der Waals surface area contributed by atoms with Crippen molar-refractivity contribution in [1.82, 2.24) is 15.0 Å². The van der Waals surface area contributed by atoms with Crippen molar-refractivity contribution in [2.75, 3.05) is 20.1 Å². The van der Waals surface area contributed by atoms with Crippen LogP contribution in [-0.2, 0) is 11.2 Å². The maximum absolute atomic E-state index is 11.8. The molecule has 0 saturated heterocycles. The number of hydrogen-bond donors (Lipinski definition) is 5. The van der Waals surface area contributed by atoms with Crippen LogP contribution in [0.1, 0.15) is 41.8 Å². The van der Waals surface area contributed by atoms with Gasteiger partial charge in [0.2, 0.25) is 5.91 Å². The second-order valence-electron chi connectivity index (χ2n) is 7.59. The molecule has 0 spiro atoms. The molecule has 2 heterocycles. The van der Waals surface area contributed by atoms with Crippen molar-refractivity contribution in [2.45, 2.75) is 32.1 Å². The first-order valence-corrected chi connectivity index (χ1v) is 12.5. The van der Waals surface area contributed by atoms with Gasteiger partial charge in [-0.05, 0) is 50.1 Å². The highest BCUT2D eigenvalue weighted by Crippen LogP contribution is 2.18. The maximum Gasteiger partial charge on any atom is 0.220 e. The Morgan fingerprint density at radius 3 is 2.60 bits per heavy atom. The molecule has 4 aromatic rings. The van der Waals surface area contributed by atoms with E-state index in [1.165, 1.54) is 18.0 Å². The van der Waals surface area contributed by atoms with Gasteiger partial charge >= 0.3 is 0 Å². The van der Waals surface area contributed by atoms with Crippen LogP contribution in [0, 0.1) is 0 Å². The fourth-order valence-electron chi connectivity index (χ4n) is 3.54. The summed E-state index contributed by atoms with van der Waals surface area (Å²) >= 11 is 1.14. The summed E-state index contributed by atoms with van der Waals surface area (Å²) in [6.45, 7) is 1.58. The predicted molar refractivity (Wildman–Crippen MR) is 145 cm³/mol. The minimum absolute atomic E-state index is 0.140. The number of furan rings is 1. The molecule has 0 radical (unpaired) electrons. The molecule has 188 valence electrons. The summed E-state index contributed by atoms with van der Waals surface area (Å²) in [6.07, 6.45) is 7.21. The van der Waals surface area contributed by atoms with Crippen molar-refractivity contribution in [3.63, 3.8) is 0 Å². The van der Waals surface area contributed by atoms with Crippen molar-refractivity contribution >= 4 is 46.2 Å². The van der Waals surface area contributed by atoms with Crippen molar-refractivity contribution in [1.29, 1.82) is 0 Å². The summed E-state index contributed by atoms with van der Waals surface area (Å²) in [5.41, 5.74) is 7.66. The molecule has 0 bridgehead atoms. The molecule has 0 fully saturated rings. The van der Waals surface area contributed by atoms with Gasteiger partial charge in [0, 0.05) is 54.1 Å². The lowest BCUT2D eigenvalue weighted by molar-refractivity contribution is -0.121. The third-order valence-electron chi connectivity index (χ3n) is 5.22. The van der Waals surface area contributed by atoms with Crippen LogP contribution in [0.15, 0.2) is 65.2 Å². The van der Waals surface area contributed by atoms with Gasteiger partial charge in [-0.15, -0.1) is 0 Å². The molecule has 9 heteroatoms. The molecule has 8 nitrogen and oxygen atoms in total. The first-order chi connectivity index (χ1) is 17.2. The van der Waals surface area contributed by atoms with E-state index in [9.17, 15) is 9.59 Å². The summed E-state index contributed by atoms with van der Waals surface area (Å²) in [5, 5.41) is 10.5. The fraction of sp³-hybridized carbons (Fsp3) is 0.308. The van der Waals surface area contributed by atoms with E-state index in [1.54, 1.807) is 6.07 Å². The van der Waals surface area contributed by atoms with E-state index < -0.39 is 0 Å². The average molecular weight is 498 g/mol. The second kappa shape index (κ2) is 16.5. The van der Waals surface area contributed by atoms with Gasteiger partial charge < -0.3 is 20.5 Å². The highest BCUT2D eigenvalue weighted by Gasteiger charge is 2.04. The number of aromatic amines is 1. The summed E-state index contributed by atoms with van der Waals surface area (Å²) in [4.78, 5) is 25.3. The molecular formula is C26H35N5O3S. The predicted octanol–water partition coefficient (Wildman–Crippen LogP) is 4.32. The largest absolute Gasteiger partial charge is 0.453 e. The van der Waals surface area contributed by atoms with Crippen LogP contribution >= 0.6 is 12.1 Å². The quantitative estimate of drug-likeness (QED) is 0.118. The van der Waals surface area contributed by atoms with Gasteiger partial charge in [0.15, 0.2) is 12.0 Å². The van der Waals surface area contributed by atoms with Crippen LogP contribution in [0.3, 0.4) is 0 Å². The van der Waals surface area contributed by atoms with E-state index in [0.717, 1.165) is 60.8 Å². The Labute approximate surface area is 210 Å². The van der Waals surface area contributed by atoms with E-state index in [4.69, 9.17) is 9.56 Å². The molecule has 2 aromatic carbocycles. The van der Waals surface area contributed by atoms with Crippen LogP contribution in [0.5, 0.6) is 0 Å². The molecule has 0 atom stereocenters. The maximum atomic E-state index is 11.8. The molecule has 0 aliphatic carbocycles. The number of nitrogens with two attached hydrogens (primary N) is 2. The standard InChI is InChI=1S/C16H24N4OS.C9H6O2.CH5N/c17-22-20-10-5-1-2-8-16(21)18-11-9-13-12-19-15-7-4-3-6-14(13)15;10-6-8-5-7-3-1-2-4-9(7)11-8;1-2/h3-4,6-7,12,19-20H,1-2,5,8-11,17H2,(H,18,21);1-6H;2H2,1H3. The van der Waals surface area contributed by atoms with E-state index >= 15 is 0 Å². The van der Waals surface area contributed by atoms with Crippen molar-refractivity contribution in [3.8, 4) is 0 Å². The molecule has 1 amide bonds. The van der Waals surface area contributed by atoms with E-state index in [0.29, 0.717) is 25.0 Å². The number of fused-ring (bicyclic) bond motifs is 2. The van der Waals surface area contributed by atoms with Crippen molar-refractivity contribution < 1.29 is 14.0 Å². The number of para-hydroxylation sites is 2. The SMILES string of the molecule is CN.NSNCCCCCC(=O)NCCc1c[nH]c2ccccc12.O=Cc1cc2ccccc2o1. The molecule has 4 rings (SSSR count). The number of benzene rings is 2. The summed E-state index contributed by atoms with van der Waals surface area (Å²) in [6, 6.07) is 17.5. The number of unbranched alkanes of at least 4 members (excludes halogenated alkanes) is 2. The third-order valence-corrected chi connectivity index (χ3v) is 5.59. The third kappa shape index (κ3) is 9.58. The zero-order valence-corrected chi connectivity index (χ0v) is 20.9. The van der Waals surface area contributed by atoms with Crippen molar-refractivity contribution in [2.24, 2.45) is 10.9 Å². The average Bonchev–Trinajstić information content (AvgIpc) is 3.52. The monoisotopic (exact) mass is 497 g/mol. The minimum Gasteiger partial charge on any atom is -0.453 e. The Kier molecular flexibility index (Phi) is 13.3. The Bertz CT molecular complexity index is 1130. The van der Waals surface area contributed by atoms with Gasteiger partial charge in [-0.3, -0.25) is 19.5 Å². The lowest BCUT2D eigenvalue weighted by atomic mass is 10.1. The number of hydrogen-bond acceptors (Lipinski definition) is 7. The molecule has 35 heavy (non-hydrogen) atoms. The highest BCUT2D eigenvalue weighted by atomic mass is 32.2. The molecule has 0 unspecified atom stereocenters. The first-order valence-electron chi connectivity index (χ1n) is 11.6. The first kappa shape index (κ1) is 28.1. The zero-order chi connectivity index (χ0) is 25.3. The number of aromatic nitrogens is 1. The minimum atomic E-state index is 0.140. The normalized spacial score (nSPS) is 10.3. The Balaban J connectivity index is 0.000000276. The van der Waals surface area contributed by atoms with Gasteiger partial charge in [0.25, 0.3) is 0 Å². The number of nitrogens with one attached hydrogen (secondary N) is 3. The van der Waals surface area contributed by atoms with E-state index in [2.05, 4.69) is 32.9 Å².